The summed E-state index contributed by atoms with van der Waals surface area (Å²) >= 11 is 0. The maximum Gasteiger partial charge on any atom is 0.272 e. The van der Waals surface area contributed by atoms with Crippen LogP contribution in [-0.2, 0) is 0 Å². The molecular weight excluding hydrogens is 252 g/mol. The number of likely N-dealkylation sites (tertiary alicyclic amines) is 1. The minimum Gasteiger partial charge on any atom is -0.337 e. The predicted octanol–water partition coefficient (Wildman–Crippen LogP) is 1.42. The summed E-state index contributed by atoms with van der Waals surface area (Å²) in [7, 11) is 4.32. The maximum absolute atomic E-state index is 12.3. The summed E-state index contributed by atoms with van der Waals surface area (Å²) in [6.07, 6.45) is 7.90. The Morgan fingerprint density at radius 3 is 2.60 bits per heavy atom. The Morgan fingerprint density at radius 2 is 2.05 bits per heavy atom. The Labute approximate surface area is 120 Å². The highest BCUT2D eigenvalue weighted by atomic mass is 16.2. The van der Waals surface area contributed by atoms with E-state index in [1.807, 2.05) is 4.90 Å². The van der Waals surface area contributed by atoms with E-state index < -0.39 is 0 Å². The van der Waals surface area contributed by atoms with E-state index in [0.717, 1.165) is 32.0 Å². The monoisotopic (exact) mass is 274 g/mol. The summed E-state index contributed by atoms with van der Waals surface area (Å²) in [5.74, 6) is 0.0470. The van der Waals surface area contributed by atoms with Crippen LogP contribution in [0, 0.1) is 5.41 Å². The molecule has 20 heavy (non-hydrogen) atoms. The van der Waals surface area contributed by atoms with E-state index in [1.165, 1.54) is 19.2 Å². The highest BCUT2D eigenvalue weighted by molar-refractivity contribution is 5.92. The lowest BCUT2D eigenvalue weighted by Gasteiger charge is -2.54. The van der Waals surface area contributed by atoms with Crippen LogP contribution in [-0.4, -0.2) is 58.9 Å². The standard InChI is InChI=1S/C15H22N4O/c1-18(2)12-9-15(10-12)4-7-19(8-5-15)14(20)13-3-6-16-11-17-13/h3,6,11-12H,4-5,7-10H2,1-2H3. The molecule has 1 amide bonds. The molecule has 3 rings (SSSR count). The molecule has 1 aliphatic heterocycles. The molecule has 0 atom stereocenters. The lowest BCUT2D eigenvalue weighted by molar-refractivity contribution is -0.0232. The van der Waals surface area contributed by atoms with Gasteiger partial charge < -0.3 is 9.80 Å². The van der Waals surface area contributed by atoms with E-state index in [0.29, 0.717) is 11.1 Å². The number of rotatable bonds is 2. The lowest BCUT2D eigenvalue weighted by atomic mass is 9.60. The van der Waals surface area contributed by atoms with Crippen LogP contribution in [0.15, 0.2) is 18.6 Å². The molecule has 5 nitrogen and oxygen atoms in total. The molecule has 1 saturated heterocycles. The largest absolute Gasteiger partial charge is 0.337 e. The molecule has 0 radical (unpaired) electrons. The van der Waals surface area contributed by atoms with Crippen molar-refractivity contribution in [1.29, 1.82) is 0 Å². The number of aromatic nitrogens is 2. The second-order valence-corrected chi connectivity index (χ2v) is 6.41. The van der Waals surface area contributed by atoms with E-state index in [9.17, 15) is 4.79 Å². The van der Waals surface area contributed by atoms with Crippen LogP contribution in [0.25, 0.3) is 0 Å². The zero-order chi connectivity index (χ0) is 14.2. The summed E-state index contributed by atoms with van der Waals surface area (Å²) < 4.78 is 0. The minimum absolute atomic E-state index is 0.0470. The molecule has 1 aromatic heterocycles. The van der Waals surface area contributed by atoms with Gasteiger partial charge in [-0.2, -0.15) is 0 Å². The number of nitrogens with zero attached hydrogens (tertiary/aromatic N) is 4. The fourth-order valence-electron chi connectivity index (χ4n) is 3.48. The normalized spacial score (nSPS) is 22.1. The molecule has 2 aliphatic rings. The second-order valence-electron chi connectivity index (χ2n) is 6.41. The first-order chi connectivity index (χ1) is 9.60. The van der Waals surface area contributed by atoms with Gasteiger partial charge in [0.2, 0.25) is 0 Å². The average molecular weight is 274 g/mol. The molecule has 2 fully saturated rings. The fourth-order valence-corrected chi connectivity index (χ4v) is 3.48. The molecular formula is C15H22N4O. The molecule has 0 aromatic carbocycles. The fraction of sp³-hybridized carbons (Fsp3) is 0.667. The minimum atomic E-state index is 0.0470. The smallest absolute Gasteiger partial charge is 0.272 e. The molecule has 5 heteroatoms. The summed E-state index contributed by atoms with van der Waals surface area (Å²) in [5, 5.41) is 0. The highest BCUT2D eigenvalue weighted by Gasteiger charge is 2.46. The van der Waals surface area contributed by atoms with Gasteiger partial charge >= 0.3 is 0 Å². The van der Waals surface area contributed by atoms with Gasteiger partial charge in [0.1, 0.15) is 12.0 Å². The van der Waals surface area contributed by atoms with Gasteiger partial charge in [0.15, 0.2) is 0 Å². The molecule has 2 heterocycles. The number of amides is 1. The second kappa shape index (κ2) is 5.13. The van der Waals surface area contributed by atoms with Crippen LogP contribution in [0.4, 0.5) is 0 Å². The van der Waals surface area contributed by atoms with Crippen molar-refractivity contribution in [2.75, 3.05) is 27.2 Å². The van der Waals surface area contributed by atoms with Crippen molar-refractivity contribution in [2.24, 2.45) is 5.41 Å². The lowest BCUT2D eigenvalue weighted by Crippen LogP contribution is -2.54. The first kappa shape index (κ1) is 13.5. The zero-order valence-electron chi connectivity index (χ0n) is 12.2. The Bertz CT molecular complexity index is 472. The molecule has 1 saturated carbocycles. The van der Waals surface area contributed by atoms with Gasteiger partial charge in [0.05, 0.1) is 0 Å². The molecule has 1 spiro atoms. The topological polar surface area (TPSA) is 49.3 Å². The Hall–Kier alpha value is -1.49. The molecule has 0 unspecified atom stereocenters. The zero-order valence-corrected chi connectivity index (χ0v) is 12.2. The predicted molar refractivity (Wildman–Crippen MR) is 76.3 cm³/mol. The maximum atomic E-state index is 12.3. The van der Waals surface area contributed by atoms with Crippen LogP contribution < -0.4 is 0 Å². The first-order valence-electron chi connectivity index (χ1n) is 7.31. The van der Waals surface area contributed by atoms with E-state index in [-0.39, 0.29) is 5.91 Å². The van der Waals surface area contributed by atoms with E-state index in [2.05, 4.69) is 29.0 Å². The molecule has 108 valence electrons. The summed E-state index contributed by atoms with van der Waals surface area (Å²) in [6, 6.07) is 2.43. The van der Waals surface area contributed by atoms with Crippen molar-refractivity contribution in [2.45, 2.75) is 31.7 Å². The third-order valence-corrected chi connectivity index (χ3v) is 4.98. The highest BCUT2D eigenvalue weighted by Crippen LogP contribution is 2.50. The van der Waals surface area contributed by atoms with Gasteiger partial charge in [-0.1, -0.05) is 0 Å². The average Bonchev–Trinajstić information content (AvgIpc) is 2.45. The van der Waals surface area contributed by atoms with E-state index >= 15 is 0 Å². The molecule has 0 N–H and O–H groups in total. The number of hydrogen-bond acceptors (Lipinski definition) is 4. The van der Waals surface area contributed by atoms with Gasteiger partial charge in [-0.3, -0.25) is 4.79 Å². The summed E-state index contributed by atoms with van der Waals surface area (Å²) in [5.41, 5.74) is 1.01. The van der Waals surface area contributed by atoms with Crippen LogP contribution >= 0.6 is 0 Å². The Kier molecular flexibility index (Phi) is 3.46. The van der Waals surface area contributed by atoms with Gasteiger partial charge in [0.25, 0.3) is 5.91 Å². The third kappa shape index (κ3) is 2.42. The molecule has 1 aromatic rings. The summed E-state index contributed by atoms with van der Waals surface area (Å²) in [6.45, 7) is 1.73. The van der Waals surface area contributed by atoms with Crippen molar-refractivity contribution in [3.63, 3.8) is 0 Å². The van der Waals surface area contributed by atoms with E-state index in [4.69, 9.17) is 0 Å². The van der Waals surface area contributed by atoms with Crippen molar-refractivity contribution in [3.05, 3.63) is 24.3 Å². The number of hydrogen-bond donors (Lipinski definition) is 0. The van der Waals surface area contributed by atoms with Crippen molar-refractivity contribution >= 4 is 5.91 Å². The summed E-state index contributed by atoms with van der Waals surface area (Å²) in [4.78, 5) is 24.5. The SMILES string of the molecule is CN(C)C1CC2(CCN(C(=O)c3ccncn3)CC2)C1. The van der Waals surface area contributed by atoms with Gasteiger partial charge in [-0.25, -0.2) is 9.97 Å². The van der Waals surface area contributed by atoms with Crippen LogP contribution in [0.5, 0.6) is 0 Å². The van der Waals surface area contributed by atoms with Crippen molar-refractivity contribution in [1.82, 2.24) is 19.8 Å². The number of carbonyl (C=O) groups excluding carboxylic acids is 1. The van der Waals surface area contributed by atoms with Gasteiger partial charge in [-0.05, 0) is 51.3 Å². The molecule has 0 bridgehead atoms. The quantitative estimate of drug-likeness (QED) is 0.818. The number of piperidine rings is 1. The van der Waals surface area contributed by atoms with Crippen molar-refractivity contribution in [3.8, 4) is 0 Å². The van der Waals surface area contributed by atoms with Crippen LogP contribution in [0.2, 0.25) is 0 Å². The van der Waals surface area contributed by atoms with Crippen molar-refractivity contribution < 1.29 is 4.79 Å². The Balaban J connectivity index is 1.56. The Morgan fingerprint density at radius 1 is 1.35 bits per heavy atom. The van der Waals surface area contributed by atoms with Crippen LogP contribution in [0.3, 0.4) is 0 Å². The van der Waals surface area contributed by atoms with Crippen LogP contribution in [0.1, 0.15) is 36.2 Å². The number of carbonyl (C=O) groups is 1. The van der Waals surface area contributed by atoms with Gasteiger partial charge in [0, 0.05) is 25.3 Å². The molecule has 1 aliphatic carbocycles. The first-order valence-corrected chi connectivity index (χ1v) is 7.31. The van der Waals surface area contributed by atoms with E-state index in [1.54, 1.807) is 12.3 Å². The third-order valence-electron chi connectivity index (χ3n) is 4.98. The van der Waals surface area contributed by atoms with Gasteiger partial charge in [-0.15, -0.1) is 0 Å².